The van der Waals surface area contributed by atoms with Gasteiger partial charge in [-0.25, -0.2) is 4.98 Å². The minimum absolute atomic E-state index is 0.717. The molecule has 5 rings (SSSR count). The number of H-pyrrole nitrogens is 1. The molecule has 0 amide bonds. The molecule has 5 aromatic rings. The largest absolute Gasteiger partial charge is 0.494 e. The molecule has 0 unspecified atom stereocenters. The van der Waals surface area contributed by atoms with Crippen molar-refractivity contribution in [2.24, 2.45) is 0 Å². The highest BCUT2D eigenvalue weighted by Gasteiger charge is 2.13. The molecule has 1 N–H and O–H groups in total. The summed E-state index contributed by atoms with van der Waals surface area (Å²) in [7, 11) is 1.65. The zero-order valence-electron chi connectivity index (χ0n) is 20.7. The van der Waals surface area contributed by atoms with E-state index in [2.05, 4.69) is 60.7 Å². The molecule has 0 spiro atoms. The van der Waals surface area contributed by atoms with E-state index in [1.165, 1.54) is 22.3 Å². The number of hydrogen-bond donors (Lipinski definition) is 1. The molecule has 0 atom stereocenters. The molecule has 0 fully saturated rings. The molecule has 0 aliphatic rings. The Morgan fingerprint density at radius 3 is 2.54 bits per heavy atom. The summed E-state index contributed by atoms with van der Waals surface area (Å²) in [6.45, 7) is 7.97. The highest BCUT2D eigenvalue weighted by atomic mass is 16.5. The molecule has 35 heavy (non-hydrogen) atoms. The van der Waals surface area contributed by atoms with Crippen molar-refractivity contribution >= 4 is 11.0 Å². The number of nitrogens with zero attached hydrogens (tertiary/aromatic N) is 1. The summed E-state index contributed by atoms with van der Waals surface area (Å²) in [6.07, 6.45) is 4.71. The predicted molar refractivity (Wildman–Crippen MR) is 144 cm³/mol. The highest BCUT2D eigenvalue weighted by molar-refractivity contribution is 5.84. The topological polar surface area (TPSA) is 51.0 Å². The van der Waals surface area contributed by atoms with Crippen LogP contribution in [-0.4, -0.2) is 17.1 Å². The number of methoxy groups -OCH3 is 1. The Hall–Kier alpha value is -4.05. The molecule has 0 aliphatic carbocycles. The number of rotatable bonds is 7. The molecule has 2 heterocycles. The number of hydrogen-bond acceptors (Lipinski definition) is 3. The van der Waals surface area contributed by atoms with E-state index in [1.807, 2.05) is 54.6 Å². The summed E-state index contributed by atoms with van der Waals surface area (Å²) in [5.41, 5.74) is 7.01. The van der Waals surface area contributed by atoms with Crippen molar-refractivity contribution < 1.29 is 9.15 Å². The molecule has 0 saturated carbocycles. The summed E-state index contributed by atoms with van der Waals surface area (Å²) < 4.78 is 11.5. The van der Waals surface area contributed by atoms with Crippen molar-refractivity contribution in [1.82, 2.24) is 9.97 Å². The third-order valence-electron chi connectivity index (χ3n) is 6.00. The standard InChI is InChI=1S/C22H22N2O2.C9H10/c1-4-15-9-8-14(2)16(12-15)13-17-10-11-20(26-17)22-23-18-6-5-7-19(25-3)21(18)24-22;1-2-6-9-7-4-3-5-8-9/h5-12H,4,13H2,1-3H3,(H,23,24);2-5,7-8H,1,6H2. The van der Waals surface area contributed by atoms with Crippen LogP contribution in [0.4, 0.5) is 0 Å². The van der Waals surface area contributed by atoms with E-state index in [0.717, 1.165) is 53.4 Å². The van der Waals surface area contributed by atoms with E-state index in [4.69, 9.17) is 9.15 Å². The number of aromatic amines is 1. The number of allylic oxidation sites excluding steroid dienone is 1. The van der Waals surface area contributed by atoms with Crippen LogP contribution in [0.15, 0.2) is 95.9 Å². The van der Waals surface area contributed by atoms with E-state index in [0.29, 0.717) is 0 Å². The van der Waals surface area contributed by atoms with E-state index >= 15 is 0 Å². The van der Waals surface area contributed by atoms with Crippen molar-refractivity contribution in [3.8, 4) is 17.3 Å². The summed E-state index contributed by atoms with van der Waals surface area (Å²) in [4.78, 5) is 7.95. The van der Waals surface area contributed by atoms with Crippen molar-refractivity contribution in [2.75, 3.05) is 7.11 Å². The Morgan fingerprint density at radius 2 is 1.80 bits per heavy atom. The van der Waals surface area contributed by atoms with Crippen molar-refractivity contribution in [3.05, 3.63) is 120 Å². The lowest BCUT2D eigenvalue weighted by Crippen LogP contribution is -1.92. The van der Waals surface area contributed by atoms with Crippen LogP contribution in [0, 0.1) is 6.92 Å². The van der Waals surface area contributed by atoms with E-state index in [1.54, 1.807) is 7.11 Å². The summed E-state index contributed by atoms with van der Waals surface area (Å²) in [5, 5.41) is 0. The van der Waals surface area contributed by atoms with Gasteiger partial charge < -0.3 is 14.1 Å². The number of furan rings is 1. The third kappa shape index (κ3) is 5.90. The maximum atomic E-state index is 6.07. The predicted octanol–water partition coefficient (Wildman–Crippen LogP) is 7.71. The van der Waals surface area contributed by atoms with Gasteiger partial charge in [0.25, 0.3) is 0 Å². The molecule has 0 saturated heterocycles. The summed E-state index contributed by atoms with van der Waals surface area (Å²) >= 11 is 0. The highest BCUT2D eigenvalue weighted by Crippen LogP contribution is 2.28. The SMILES string of the molecule is C=CCc1ccccc1.CCc1ccc(C)c(Cc2ccc(-c3nc4c(OC)cccc4[nH]3)o2)c1. The van der Waals surface area contributed by atoms with Crippen LogP contribution in [0.25, 0.3) is 22.6 Å². The fourth-order valence-electron chi connectivity index (χ4n) is 3.99. The van der Waals surface area contributed by atoms with Crippen LogP contribution >= 0.6 is 0 Å². The zero-order chi connectivity index (χ0) is 24.6. The maximum Gasteiger partial charge on any atom is 0.174 e. The molecule has 2 aromatic heterocycles. The van der Waals surface area contributed by atoms with Gasteiger partial charge >= 0.3 is 0 Å². The first-order valence-electron chi connectivity index (χ1n) is 12.0. The first-order valence-corrected chi connectivity index (χ1v) is 12.0. The molecular weight excluding hydrogens is 432 g/mol. The number of nitrogens with one attached hydrogen (secondary N) is 1. The van der Waals surface area contributed by atoms with Gasteiger partial charge in [-0.2, -0.15) is 0 Å². The summed E-state index contributed by atoms with van der Waals surface area (Å²) in [5.74, 6) is 3.14. The molecule has 178 valence electrons. The van der Waals surface area contributed by atoms with Crippen molar-refractivity contribution in [1.29, 1.82) is 0 Å². The monoisotopic (exact) mass is 464 g/mol. The van der Waals surface area contributed by atoms with Crippen LogP contribution in [0.2, 0.25) is 0 Å². The second-order valence-corrected chi connectivity index (χ2v) is 8.48. The Balaban J connectivity index is 0.000000271. The van der Waals surface area contributed by atoms with E-state index in [-0.39, 0.29) is 0 Å². The molecule has 4 nitrogen and oxygen atoms in total. The molecule has 4 heteroatoms. The first-order chi connectivity index (χ1) is 17.1. The molecule has 0 radical (unpaired) electrons. The number of fused-ring (bicyclic) bond motifs is 1. The smallest absolute Gasteiger partial charge is 0.174 e. The van der Waals surface area contributed by atoms with Gasteiger partial charge in [0, 0.05) is 6.42 Å². The van der Waals surface area contributed by atoms with Gasteiger partial charge in [-0.3, -0.25) is 0 Å². The van der Waals surface area contributed by atoms with Gasteiger partial charge in [0.2, 0.25) is 0 Å². The number of aromatic nitrogens is 2. The van der Waals surface area contributed by atoms with Crippen molar-refractivity contribution in [2.45, 2.75) is 33.1 Å². The van der Waals surface area contributed by atoms with Gasteiger partial charge in [-0.05, 0) is 66.3 Å². The van der Waals surface area contributed by atoms with Crippen molar-refractivity contribution in [3.63, 3.8) is 0 Å². The Labute approximate surface area is 207 Å². The Kier molecular flexibility index (Phi) is 7.84. The van der Waals surface area contributed by atoms with Crippen LogP contribution < -0.4 is 4.74 Å². The lowest BCUT2D eigenvalue weighted by Gasteiger charge is -2.06. The van der Waals surface area contributed by atoms with Crippen LogP contribution in [-0.2, 0) is 19.3 Å². The minimum atomic E-state index is 0.717. The molecule has 0 aliphatic heterocycles. The normalized spacial score (nSPS) is 10.6. The lowest BCUT2D eigenvalue weighted by atomic mass is 10.0. The number of ether oxygens (including phenoxy) is 1. The summed E-state index contributed by atoms with van der Waals surface area (Å²) in [6, 6.07) is 26.8. The van der Waals surface area contributed by atoms with Crippen LogP contribution in [0.3, 0.4) is 0 Å². The molecule has 3 aromatic carbocycles. The zero-order valence-corrected chi connectivity index (χ0v) is 20.7. The second kappa shape index (κ2) is 11.4. The van der Waals surface area contributed by atoms with Gasteiger partial charge in [0.05, 0.1) is 12.6 Å². The van der Waals surface area contributed by atoms with Gasteiger partial charge in [0.1, 0.15) is 17.0 Å². The van der Waals surface area contributed by atoms with Crippen LogP contribution in [0.1, 0.15) is 34.9 Å². The number of para-hydroxylation sites is 1. The van der Waals surface area contributed by atoms with Gasteiger partial charge in [0.15, 0.2) is 11.6 Å². The van der Waals surface area contributed by atoms with E-state index < -0.39 is 0 Å². The molecule has 0 bridgehead atoms. The fourth-order valence-corrected chi connectivity index (χ4v) is 3.99. The van der Waals surface area contributed by atoms with Crippen LogP contribution in [0.5, 0.6) is 5.75 Å². The minimum Gasteiger partial charge on any atom is -0.494 e. The second-order valence-electron chi connectivity index (χ2n) is 8.48. The fraction of sp³-hybridized carbons (Fsp3) is 0.194. The van der Waals surface area contributed by atoms with Gasteiger partial charge in [-0.15, -0.1) is 6.58 Å². The van der Waals surface area contributed by atoms with E-state index in [9.17, 15) is 0 Å². The number of imidazole rings is 1. The average molecular weight is 465 g/mol. The number of benzene rings is 3. The third-order valence-corrected chi connectivity index (χ3v) is 6.00. The van der Waals surface area contributed by atoms with Gasteiger partial charge in [-0.1, -0.05) is 67.6 Å². The Bertz CT molecular complexity index is 1400. The quantitative estimate of drug-likeness (QED) is 0.251. The average Bonchev–Trinajstić information content (AvgIpc) is 3.53. The maximum absolute atomic E-state index is 6.07. The lowest BCUT2D eigenvalue weighted by molar-refractivity contribution is 0.419. The Morgan fingerprint density at radius 1 is 0.971 bits per heavy atom. The number of aryl methyl sites for hydroxylation is 2. The first kappa shape index (κ1) is 24.1. The molecular formula is C31H32N2O2.